The number of aryl methyl sites for hydroxylation is 1. The summed E-state index contributed by atoms with van der Waals surface area (Å²) in [5, 5.41) is 3.15. The average Bonchev–Trinajstić information content (AvgIpc) is 2.27. The van der Waals surface area contributed by atoms with E-state index in [0.29, 0.717) is 5.95 Å². The number of halogens is 2. The summed E-state index contributed by atoms with van der Waals surface area (Å²) < 4.78 is 1.85. The summed E-state index contributed by atoms with van der Waals surface area (Å²) in [7, 11) is 0. The van der Waals surface area contributed by atoms with Gasteiger partial charge in [0.15, 0.2) is 0 Å². The predicted molar refractivity (Wildman–Crippen MR) is 71.9 cm³/mol. The van der Waals surface area contributed by atoms with Crippen LogP contribution in [0.1, 0.15) is 5.56 Å². The molecule has 0 aliphatic rings. The van der Waals surface area contributed by atoms with Crippen LogP contribution >= 0.6 is 31.9 Å². The molecule has 82 valence electrons. The second-order valence-electron chi connectivity index (χ2n) is 3.33. The molecule has 0 amide bonds. The highest BCUT2D eigenvalue weighted by Crippen LogP contribution is 2.25. The van der Waals surface area contributed by atoms with Crippen LogP contribution in [0.25, 0.3) is 0 Å². The molecule has 1 heterocycles. The van der Waals surface area contributed by atoms with Gasteiger partial charge in [-0.1, -0.05) is 6.07 Å². The Kier molecular flexibility index (Phi) is 3.56. The summed E-state index contributed by atoms with van der Waals surface area (Å²) in [6.07, 6.45) is 3.41. The van der Waals surface area contributed by atoms with Crippen molar-refractivity contribution in [3.05, 3.63) is 45.1 Å². The highest BCUT2D eigenvalue weighted by Gasteiger charge is 2.02. The Bertz CT molecular complexity index is 497. The second-order valence-corrected chi connectivity index (χ2v) is 5.10. The zero-order chi connectivity index (χ0) is 11.5. The van der Waals surface area contributed by atoms with Crippen LogP contribution in [0.4, 0.5) is 11.6 Å². The van der Waals surface area contributed by atoms with Crippen molar-refractivity contribution in [2.45, 2.75) is 6.92 Å². The van der Waals surface area contributed by atoms with Crippen LogP contribution in [0, 0.1) is 6.92 Å². The van der Waals surface area contributed by atoms with Crippen LogP contribution in [0.5, 0.6) is 0 Å². The number of aromatic nitrogens is 2. The quantitative estimate of drug-likeness (QED) is 0.894. The second kappa shape index (κ2) is 4.93. The van der Waals surface area contributed by atoms with Crippen molar-refractivity contribution in [2.24, 2.45) is 0 Å². The lowest BCUT2D eigenvalue weighted by molar-refractivity contribution is 1.15. The molecule has 0 aliphatic carbocycles. The van der Waals surface area contributed by atoms with Gasteiger partial charge in [-0.3, -0.25) is 0 Å². The van der Waals surface area contributed by atoms with Gasteiger partial charge in [0.25, 0.3) is 0 Å². The molecule has 1 N–H and O–H groups in total. The van der Waals surface area contributed by atoms with Gasteiger partial charge in [-0.05, 0) is 56.5 Å². The van der Waals surface area contributed by atoms with Gasteiger partial charge in [0.2, 0.25) is 5.95 Å². The number of rotatable bonds is 2. The maximum Gasteiger partial charge on any atom is 0.227 e. The highest BCUT2D eigenvalue weighted by molar-refractivity contribution is 9.10. The van der Waals surface area contributed by atoms with Gasteiger partial charge < -0.3 is 5.32 Å². The van der Waals surface area contributed by atoms with E-state index in [0.717, 1.165) is 14.6 Å². The van der Waals surface area contributed by atoms with E-state index in [1.165, 1.54) is 5.56 Å². The summed E-state index contributed by atoms with van der Waals surface area (Å²) in [4.78, 5) is 8.31. The fourth-order valence-electron chi connectivity index (χ4n) is 1.23. The summed E-state index contributed by atoms with van der Waals surface area (Å²) >= 11 is 6.77. The minimum Gasteiger partial charge on any atom is -0.323 e. The van der Waals surface area contributed by atoms with E-state index in [9.17, 15) is 0 Å². The maximum atomic E-state index is 4.15. The van der Waals surface area contributed by atoms with E-state index in [1.54, 1.807) is 12.4 Å². The van der Waals surface area contributed by atoms with Crippen molar-refractivity contribution in [1.82, 2.24) is 9.97 Å². The van der Waals surface area contributed by atoms with E-state index < -0.39 is 0 Å². The van der Waals surface area contributed by atoms with E-state index >= 15 is 0 Å². The first-order chi connectivity index (χ1) is 7.65. The fraction of sp³-hybridized carbons (Fsp3) is 0.0909. The number of nitrogens with one attached hydrogen (secondary N) is 1. The molecule has 1 aromatic heterocycles. The van der Waals surface area contributed by atoms with Gasteiger partial charge in [0, 0.05) is 16.9 Å². The maximum absolute atomic E-state index is 4.15. The van der Waals surface area contributed by atoms with E-state index in [1.807, 2.05) is 25.1 Å². The lowest BCUT2D eigenvalue weighted by Gasteiger charge is -2.07. The smallest absolute Gasteiger partial charge is 0.227 e. The van der Waals surface area contributed by atoms with Crippen molar-refractivity contribution in [3.8, 4) is 0 Å². The molecule has 1 aromatic carbocycles. The Morgan fingerprint density at radius 3 is 2.50 bits per heavy atom. The molecule has 3 nitrogen and oxygen atoms in total. The molecule has 5 heteroatoms. The third-order valence-corrected chi connectivity index (χ3v) is 3.09. The van der Waals surface area contributed by atoms with Gasteiger partial charge >= 0.3 is 0 Å². The molecule has 0 spiro atoms. The predicted octanol–water partition coefficient (Wildman–Crippen LogP) is 4.05. The number of hydrogen-bond donors (Lipinski definition) is 1. The lowest BCUT2D eigenvalue weighted by Crippen LogP contribution is -1.97. The van der Waals surface area contributed by atoms with E-state index in [2.05, 4.69) is 47.1 Å². The molecular formula is C11H9Br2N3. The van der Waals surface area contributed by atoms with Crippen LogP contribution in [0.3, 0.4) is 0 Å². The van der Waals surface area contributed by atoms with Crippen molar-refractivity contribution in [2.75, 3.05) is 5.32 Å². The molecule has 0 atom stereocenters. The minimum absolute atomic E-state index is 0.578. The normalized spacial score (nSPS) is 10.2. The largest absolute Gasteiger partial charge is 0.323 e. The molecule has 0 fully saturated rings. The topological polar surface area (TPSA) is 37.8 Å². The Hall–Kier alpha value is -0.940. The van der Waals surface area contributed by atoms with Crippen molar-refractivity contribution in [3.63, 3.8) is 0 Å². The van der Waals surface area contributed by atoms with Gasteiger partial charge in [-0.2, -0.15) is 0 Å². The van der Waals surface area contributed by atoms with Gasteiger partial charge in [-0.15, -0.1) is 0 Å². The lowest BCUT2D eigenvalue weighted by atomic mass is 10.2. The van der Waals surface area contributed by atoms with Crippen LogP contribution in [0.2, 0.25) is 0 Å². The number of hydrogen-bond acceptors (Lipinski definition) is 3. The van der Waals surface area contributed by atoms with Crippen LogP contribution in [-0.2, 0) is 0 Å². The third-order valence-electron chi connectivity index (χ3n) is 1.99. The number of anilines is 2. The number of benzene rings is 1. The summed E-state index contributed by atoms with van der Waals surface area (Å²) in [6.45, 7) is 2.04. The SMILES string of the molecule is Cc1ccc(Br)c(Nc2ncc(Br)cn2)c1. The van der Waals surface area contributed by atoms with E-state index in [4.69, 9.17) is 0 Å². The third kappa shape index (κ3) is 2.80. The molecule has 2 rings (SSSR count). The molecule has 0 unspecified atom stereocenters. The molecule has 0 bridgehead atoms. The molecule has 0 saturated carbocycles. The Balaban J connectivity index is 2.26. The molecule has 2 aromatic rings. The Labute approximate surface area is 111 Å². The summed E-state index contributed by atoms with van der Waals surface area (Å²) in [6, 6.07) is 6.07. The number of nitrogens with zero attached hydrogens (tertiary/aromatic N) is 2. The van der Waals surface area contributed by atoms with Gasteiger partial charge in [-0.25, -0.2) is 9.97 Å². The monoisotopic (exact) mass is 341 g/mol. The van der Waals surface area contributed by atoms with E-state index in [-0.39, 0.29) is 0 Å². The molecular weight excluding hydrogens is 334 g/mol. The zero-order valence-corrected chi connectivity index (χ0v) is 11.7. The average molecular weight is 343 g/mol. The Morgan fingerprint density at radius 1 is 1.12 bits per heavy atom. The first-order valence-corrected chi connectivity index (χ1v) is 6.24. The van der Waals surface area contributed by atoms with Gasteiger partial charge in [0.1, 0.15) is 0 Å². The highest BCUT2D eigenvalue weighted by atomic mass is 79.9. The fourth-order valence-corrected chi connectivity index (χ4v) is 1.78. The molecule has 0 radical (unpaired) electrons. The molecule has 0 aliphatic heterocycles. The molecule has 0 saturated heterocycles. The Morgan fingerprint density at radius 2 is 1.81 bits per heavy atom. The van der Waals surface area contributed by atoms with Crippen molar-refractivity contribution in [1.29, 1.82) is 0 Å². The minimum atomic E-state index is 0.578. The van der Waals surface area contributed by atoms with Crippen LogP contribution in [0.15, 0.2) is 39.5 Å². The van der Waals surface area contributed by atoms with Gasteiger partial charge in [0.05, 0.1) is 10.2 Å². The standard InChI is InChI=1S/C11H9Br2N3/c1-7-2-3-9(13)10(4-7)16-11-14-5-8(12)6-15-11/h2-6H,1H3,(H,14,15,16). The van der Waals surface area contributed by atoms with Crippen molar-refractivity contribution >= 4 is 43.5 Å². The van der Waals surface area contributed by atoms with Crippen molar-refractivity contribution < 1.29 is 0 Å². The summed E-state index contributed by atoms with van der Waals surface area (Å²) in [5.74, 6) is 0.578. The first-order valence-electron chi connectivity index (χ1n) is 4.66. The molecule has 16 heavy (non-hydrogen) atoms. The summed E-state index contributed by atoms with van der Waals surface area (Å²) in [5.41, 5.74) is 2.14. The zero-order valence-electron chi connectivity index (χ0n) is 8.54. The first kappa shape index (κ1) is 11.5. The van der Waals surface area contributed by atoms with Crippen LogP contribution in [-0.4, -0.2) is 9.97 Å². The van der Waals surface area contributed by atoms with Crippen LogP contribution < -0.4 is 5.32 Å².